The number of unbranched alkanes of at least 4 members (excludes halogenated alkanes) is 2. The van der Waals surface area contributed by atoms with E-state index in [1.807, 2.05) is 0 Å². The smallest absolute Gasteiger partial charge is 0.00615 e. The van der Waals surface area contributed by atoms with Crippen LogP contribution in [0.3, 0.4) is 0 Å². The Labute approximate surface area is 832 Å². The molecule has 0 aromatic heterocycles. The first-order chi connectivity index (χ1) is 65.1. The molecule has 0 nitrogen and oxygen atoms in total. The molecular weight excluding hydrogens is 1650 g/mol. The third kappa shape index (κ3) is 13.7. The fourth-order valence-electron chi connectivity index (χ4n) is 38.1. The summed E-state index contributed by atoms with van der Waals surface area (Å²) in [7, 11) is 0. The molecule has 0 aliphatic heterocycles. The summed E-state index contributed by atoms with van der Waals surface area (Å²) in [6, 6.07) is 53.7. The van der Waals surface area contributed by atoms with Gasteiger partial charge in [-0.15, -0.1) is 0 Å². The van der Waals surface area contributed by atoms with Crippen LogP contribution in [0.5, 0.6) is 0 Å². The van der Waals surface area contributed by atoms with E-state index in [4.69, 9.17) is 0 Å². The minimum absolute atomic E-state index is 0.361. The maximum absolute atomic E-state index is 2.67. The number of rotatable bonds is 8. The largest absolute Gasteiger partial charge is 0.0654 e. The number of hydrogen-bond acceptors (Lipinski definition) is 0. The zero-order valence-corrected chi connectivity index (χ0v) is 91.2. The molecule has 0 N–H and O–H groups in total. The fourth-order valence-corrected chi connectivity index (χ4v) is 38.1. The fraction of sp³-hybridized carbons (Fsp3) is 0.562. The van der Waals surface area contributed by atoms with E-state index in [1.54, 1.807) is 122 Å². The van der Waals surface area contributed by atoms with Crippen molar-refractivity contribution in [1.82, 2.24) is 0 Å². The molecule has 10 fully saturated rings. The number of benzene rings is 10. The lowest BCUT2D eigenvalue weighted by atomic mass is 9.55. The van der Waals surface area contributed by atoms with E-state index in [2.05, 4.69) is 328 Å². The molecule has 15 aliphatic carbocycles. The van der Waals surface area contributed by atoms with E-state index in [0.29, 0.717) is 54.1 Å². The molecular formula is C137H174. The first-order valence-corrected chi connectivity index (χ1v) is 56.4. The average molecular weight is 1820 g/mol. The van der Waals surface area contributed by atoms with E-state index < -0.39 is 0 Å². The van der Waals surface area contributed by atoms with Gasteiger partial charge >= 0.3 is 0 Å². The summed E-state index contributed by atoms with van der Waals surface area (Å²) < 4.78 is 0. The highest BCUT2D eigenvalue weighted by Crippen LogP contribution is 2.78. The van der Waals surface area contributed by atoms with Gasteiger partial charge < -0.3 is 0 Å². The Morgan fingerprint density at radius 1 is 0.175 bits per heavy atom. The molecule has 0 saturated heterocycles. The van der Waals surface area contributed by atoms with Gasteiger partial charge in [-0.2, -0.15) is 0 Å². The second-order valence-electron chi connectivity index (χ2n) is 52.6. The maximum Gasteiger partial charge on any atom is 0.00615 e. The summed E-state index contributed by atoms with van der Waals surface area (Å²) in [4.78, 5) is 0. The van der Waals surface area contributed by atoms with Gasteiger partial charge in [0.25, 0.3) is 0 Å². The van der Waals surface area contributed by atoms with Crippen molar-refractivity contribution in [1.29, 1.82) is 0 Å². The van der Waals surface area contributed by atoms with Crippen LogP contribution < -0.4 is 0 Å². The Bertz CT molecular complexity index is 6010. The molecule has 10 saturated carbocycles. The van der Waals surface area contributed by atoms with Crippen molar-refractivity contribution in [3.8, 4) is 55.6 Å². The van der Waals surface area contributed by atoms with Crippen LogP contribution in [-0.4, -0.2) is 0 Å². The Morgan fingerprint density at radius 3 is 0.518 bits per heavy atom. The van der Waals surface area contributed by atoms with Crippen molar-refractivity contribution >= 4 is 0 Å². The highest BCUT2D eigenvalue weighted by Gasteiger charge is 2.71. The predicted molar refractivity (Wildman–Crippen MR) is 587 cm³/mol. The van der Waals surface area contributed by atoms with Crippen LogP contribution in [0.25, 0.3) is 55.6 Å². The maximum atomic E-state index is 2.67. The topological polar surface area (TPSA) is 0 Å². The Morgan fingerprint density at radius 2 is 0.328 bits per heavy atom. The van der Waals surface area contributed by atoms with Gasteiger partial charge in [0.05, 0.1) is 0 Å². The standard InChI is InChI=1S/C32H44.C28H36.2C26H32.C25H30/c1-7-9-11-25-15-27-28-16-26(12-10-8-2)24(6)14-30(28)32-19-21(3)17-31(32,18-22(4)20-32)29(27)13-23(25)5;1-7-21-11-23-24-12-22(8-2)20(6)10-26(24)28-15-17(3)13-27(28,14-18(4)16-28)25(23)9-19(21)5;2*1-15-11-25-13-16(2)14-26(25,12-15)24-10-20(6)18(4)8-22(24)21-7-17(3)19(5)9-23(21)25;1-15-6-7-20-21-9-18(4)19(5)10-23(21)25-13-16(2)11-24(25,22(20)8-15)12-17(3)14-25/h13-16,21-22H,7-12,17-20H2,1-6H3;9-12,17-18H,7-8,13-16H2,1-6H3;2*7-10,15-16H,11-14H2,1-6H3;6-10,16-17H,11-14H2,1-5H3. The zero-order valence-electron chi connectivity index (χ0n) is 91.2. The van der Waals surface area contributed by atoms with Crippen LogP contribution in [0.2, 0.25) is 0 Å². The third-order valence-electron chi connectivity index (χ3n) is 42.7. The number of fused-ring (bicyclic) bond motifs is 15. The summed E-state index contributed by atoms with van der Waals surface area (Å²) in [5, 5.41) is 0. The van der Waals surface area contributed by atoms with Gasteiger partial charge in [-0.25, -0.2) is 0 Å². The number of aryl methyl sites for hydroxylation is 19. The molecule has 25 rings (SSSR count). The van der Waals surface area contributed by atoms with Crippen LogP contribution in [0.15, 0.2) is 127 Å². The molecule has 722 valence electrons. The van der Waals surface area contributed by atoms with Gasteiger partial charge in [0.2, 0.25) is 0 Å². The molecule has 10 aromatic carbocycles. The van der Waals surface area contributed by atoms with E-state index in [9.17, 15) is 0 Å². The van der Waals surface area contributed by atoms with E-state index in [0.717, 1.165) is 72.0 Å². The molecule has 2 unspecified atom stereocenters. The molecule has 10 aromatic rings. The average Bonchev–Trinajstić information content (AvgIpc) is 1.53. The van der Waals surface area contributed by atoms with E-state index in [1.165, 1.54) is 262 Å². The first kappa shape index (κ1) is 95.4. The lowest BCUT2D eigenvalue weighted by molar-refractivity contribution is 0.298. The van der Waals surface area contributed by atoms with Crippen LogP contribution in [0.1, 0.15) is 412 Å². The van der Waals surface area contributed by atoms with Gasteiger partial charge in [0, 0.05) is 54.1 Å². The molecule has 0 amide bonds. The van der Waals surface area contributed by atoms with Crippen LogP contribution in [-0.2, 0) is 79.8 Å². The lowest BCUT2D eigenvalue weighted by Gasteiger charge is -2.48. The molecule has 0 bridgehead atoms. The minimum atomic E-state index is 0.361. The normalized spacial score (nSPS) is 33.1. The molecule has 2 atom stereocenters. The highest BCUT2D eigenvalue weighted by atomic mass is 14.7. The summed E-state index contributed by atoms with van der Waals surface area (Å²) in [5.74, 6) is 8.24. The first-order valence-electron chi connectivity index (χ1n) is 56.4. The summed E-state index contributed by atoms with van der Waals surface area (Å²) in [6.07, 6.45) is 37.4. The van der Waals surface area contributed by atoms with E-state index in [-0.39, 0.29) is 0 Å². The van der Waals surface area contributed by atoms with Gasteiger partial charge in [0.15, 0.2) is 0 Å². The second-order valence-corrected chi connectivity index (χ2v) is 52.6. The van der Waals surface area contributed by atoms with Crippen LogP contribution in [0, 0.1) is 163 Å². The SMILES string of the molecule is CCCCc1cc2c(cc1C)C13CC(C)CC1(CC(C)C3)c1cc(C)c(CCCC)cc1-2.CCc1cc2c(cc1C)C13CC(C)CC1(CC(C)C3)c1cc(C)c(CC)cc1-2.Cc1cc2c(cc1C)C13CC(C)CC1(CC(C)C3)c1cc(C)c(C)cc1-2.Cc1cc2c(cc1C)C13CC(C)CC1(CC(C)C3)c1cc(C)c(C)cc1-2.Cc1ccc2c(c1)C13CC(C)CC1(CC(C)C3)c1cc(C)c(C)cc1-2. The summed E-state index contributed by atoms with van der Waals surface area (Å²) in [6.45, 7) is 69.0. The summed E-state index contributed by atoms with van der Waals surface area (Å²) >= 11 is 0. The van der Waals surface area contributed by atoms with Crippen LogP contribution >= 0.6 is 0 Å². The van der Waals surface area contributed by atoms with Crippen molar-refractivity contribution in [2.24, 2.45) is 59.2 Å². The van der Waals surface area contributed by atoms with Gasteiger partial charge in [-0.05, 0) is 541 Å². The zero-order chi connectivity index (χ0) is 96.9. The minimum Gasteiger partial charge on any atom is -0.0654 e. The number of hydrogen-bond donors (Lipinski definition) is 0. The Kier molecular flexibility index (Phi) is 23.4. The van der Waals surface area contributed by atoms with Gasteiger partial charge in [-0.1, -0.05) is 243 Å². The molecule has 0 radical (unpaired) electrons. The molecule has 0 heteroatoms. The molecule has 137 heavy (non-hydrogen) atoms. The van der Waals surface area contributed by atoms with Crippen molar-refractivity contribution in [2.75, 3.05) is 0 Å². The molecule has 15 aliphatic rings. The van der Waals surface area contributed by atoms with Crippen molar-refractivity contribution in [2.45, 2.75) is 435 Å². The molecule has 0 spiro atoms. The second kappa shape index (κ2) is 33.7. The quantitative estimate of drug-likeness (QED) is 0.142. The third-order valence-corrected chi connectivity index (χ3v) is 42.7. The predicted octanol–water partition coefficient (Wildman–Crippen LogP) is 36.9. The van der Waals surface area contributed by atoms with Crippen molar-refractivity contribution < 1.29 is 0 Å². The Balaban J connectivity index is 0.000000102. The molecule has 0 heterocycles. The van der Waals surface area contributed by atoms with Gasteiger partial charge in [-0.3, -0.25) is 0 Å². The lowest BCUT2D eigenvalue weighted by Crippen LogP contribution is -2.43. The van der Waals surface area contributed by atoms with Crippen LogP contribution in [0.4, 0.5) is 0 Å². The van der Waals surface area contributed by atoms with E-state index >= 15 is 0 Å². The van der Waals surface area contributed by atoms with Gasteiger partial charge in [0.1, 0.15) is 0 Å². The summed E-state index contributed by atoms with van der Waals surface area (Å²) in [5.41, 5.74) is 64.6. The monoisotopic (exact) mass is 1820 g/mol. The van der Waals surface area contributed by atoms with Crippen molar-refractivity contribution in [3.63, 3.8) is 0 Å². The highest BCUT2D eigenvalue weighted by molar-refractivity contribution is 5.87. The Hall–Kier alpha value is -7.80. The van der Waals surface area contributed by atoms with Crippen molar-refractivity contribution in [3.05, 3.63) is 289 Å².